The Morgan fingerprint density at radius 2 is 1.17 bits per heavy atom. The van der Waals surface area contributed by atoms with Crippen molar-refractivity contribution in [3.8, 4) is 0 Å². The number of amides is 6. The van der Waals surface area contributed by atoms with Crippen molar-refractivity contribution in [1.29, 1.82) is 5.41 Å². The van der Waals surface area contributed by atoms with Gasteiger partial charge in [-0.25, -0.2) is 0 Å². The maximum absolute atomic E-state index is 14.8. The molecule has 1 aliphatic rings. The molecule has 0 unspecified atom stereocenters. The van der Waals surface area contributed by atoms with Crippen LogP contribution in [0, 0.1) is 5.41 Å². The highest BCUT2D eigenvalue weighted by Gasteiger charge is 2.45. The van der Waals surface area contributed by atoms with Crippen LogP contribution < -0.4 is 43.4 Å². The van der Waals surface area contributed by atoms with Gasteiger partial charge in [-0.3, -0.25) is 34.2 Å². The van der Waals surface area contributed by atoms with E-state index in [-0.39, 0.29) is 56.4 Å². The van der Waals surface area contributed by atoms with Crippen molar-refractivity contribution in [2.75, 3.05) is 13.1 Å². The van der Waals surface area contributed by atoms with Crippen LogP contribution >= 0.6 is 0 Å². The highest BCUT2D eigenvalue weighted by atomic mass is 16.2. The molecule has 11 N–H and O–H groups in total. The van der Waals surface area contributed by atoms with Crippen LogP contribution in [0.2, 0.25) is 0 Å². The van der Waals surface area contributed by atoms with Gasteiger partial charge in [0.1, 0.15) is 23.7 Å². The first-order valence-corrected chi connectivity index (χ1v) is 22.3. The second kappa shape index (κ2) is 23.4. The van der Waals surface area contributed by atoms with E-state index in [4.69, 9.17) is 16.9 Å². The van der Waals surface area contributed by atoms with Gasteiger partial charge in [-0.05, 0) is 77.5 Å². The predicted molar refractivity (Wildman–Crippen MR) is 254 cm³/mol. The molecule has 15 nitrogen and oxygen atoms in total. The molecule has 0 saturated heterocycles. The molecule has 0 spiro atoms. The standard InChI is InChI=1S/C51H59N9O6/c52-44(61)33-56-46(63)42(31-36-22-23-38-19-10-11-20-40(38)29-36)58-47(64)41(21-12-28-55-50(53)54)57-48(65)43(30-34-13-4-1-5-14-34)59-49(66)51(60-45(62)32-35-15-6-2-7-16-35)26-24-39(25-27-51)37-17-8-3-9-18-37/h1-11,13-20,22-23,29,39,41-43H,12,21,24-28,30-33H2,(H2,52,61)(H,56,63)(H,57,65)(H,58,64)(H,59,66)(H,60,62)(H4,53,54,55)/t39-,41-,42-,43+,51+/m0/s1. The van der Waals surface area contributed by atoms with Gasteiger partial charge in [-0.15, -0.1) is 0 Å². The molecule has 5 aromatic rings. The van der Waals surface area contributed by atoms with Gasteiger partial charge < -0.3 is 43.4 Å². The number of rotatable bonds is 21. The molecule has 1 saturated carbocycles. The van der Waals surface area contributed by atoms with Gasteiger partial charge in [-0.1, -0.05) is 133 Å². The topological polar surface area (TPSA) is 250 Å². The molecule has 15 heteroatoms. The van der Waals surface area contributed by atoms with Crippen molar-refractivity contribution in [1.82, 2.24) is 31.9 Å². The van der Waals surface area contributed by atoms with Crippen LogP contribution in [0.25, 0.3) is 10.8 Å². The Balaban J connectivity index is 1.26. The number of benzene rings is 5. The highest BCUT2D eigenvalue weighted by Crippen LogP contribution is 2.38. The summed E-state index contributed by atoms with van der Waals surface area (Å²) in [5, 5.41) is 26.5. The third-order valence-corrected chi connectivity index (χ3v) is 12.0. The van der Waals surface area contributed by atoms with Crippen LogP contribution in [0.4, 0.5) is 0 Å². The number of carbonyl (C=O) groups is 6. The summed E-state index contributed by atoms with van der Waals surface area (Å²) in [5.74, 6) is -3.73. The van der Waals surface area contributed by atoms with Crippen LogP contribution in [0.5, 0.6) is 0 Å². The minimum atomic E-state index is -1.34. The van der Waals surface area contributed by atoms with Crippen LogP contribution in [-0.4, -0.2) is 78.2 Å². The van der Waals surface area contributed by atoms with Crippen molar-refractivity contribution in [3.05, 3.63) is 156 Å². The van der Waals surface area contributed by atoms with Gasteiger partial charge in [0.25, 0.3) is 0 Å². The quantitative estimate of drug-likeness (QED) is 0.0299. The SMILES string of the molecule is N=C(N)NCCC[C@H](NC(=O)[C@@H](Cc1ccccc1)NC(=O)[C@]1(NC(=O)Cc2ccccc2)CC[C@@H](c2ccccc2)CC1)C(=O)N[C@@H](Cc1ccc2ccccc2c1)C(=O)NCC(N)=O. The van der Waals surface area contributed by atoms with Crippen molar-refractivity contribution in [2.45, 2.75) is 87.4 Å². The van der Waals surface area contributed by atoms with Gasteiger partial charge >= 0.3 is 0 Å². The molecular formula is C51H59N9O6. The van der Waals surface area contributed by atoms with Gasteiger partial charge in [-0.2, -0.15) is 0 Å². The summed E-state index contributed by atoms with van der Waals surface area (Å²) in [7, 11) is 0. The Labute approximate surface area is 384 Å². The Kier molecular flexibility index (Phi) is 17.0. The lowest BCUT2D eigenvalue weighted by atomic mass is 9.73. The Morgan fingerprint density at radius 3 is 1.82 bits per heavy atom. The number of nitrogens with one attached hydrogen (secondary N) is 7. The third-order valence-electron chi connectivity index (χ3n) is 12.0. The number of hydrogen-bond donors (Lipinski definition) is 9. The Morgan fingerprint density at radius 1 is 0.606 bits per heavy atom. The minimum absolute atomic E-state index is 0.0453. The molecule has 0 aliphatic heterocycles. The molecule has 6 amide bonds. The van der Waals surface area contributed by atoms with Crippen LogP contribution in [0.3, 0.4) is 0 Å². The van der Waals surface area contributed by atoms with Crippen molar-refractivity contribution in [2.24, 2.45) is 11.5 Å². The lowest BCUT2D eigenvalue weighted by Crippen LogP contribution is -2.64. The number of carbonyl (C=O) groups excluding carboxylic acids is 6. The van der Waals surface area contributed by atoms with E-state index in [1.54, 1.807) is 0 Å². The molecular weight excluding hydrogens is 835 g/mol. The first kappa shape index (κ1) is 47.9. The van der Waals surface area contributed by atoms with Crippen LogP contribution in [0.1, 0.15) is 66.7 Å². The van der Waals surface area contributed by atoms with E-state index in [9.17, 15) is 28.8 Å². The number of nitrogens with two attached hydrogens (primary N) is 2. The summed E-state index contributed by atoms with van der Waals surface area (Å²) in [4.78, 5) is 82.8. The summed E-state index contributed by atoms with van der Waals surface area (Å²) in [6, 6.07) is 38.2. The van der Waals surface area contributed by atoms with E-state index in [0.29, 0.717) is 25.7 Å². The second-order valence-corrected chi connectivity index (χ2v) is 16.9. The summed E-state index contributed by atoms with van der Waals surface area (Å²) in [5.41, 5.74) is 12.9. The molecule has 66 heavy (non-hydrogen) atoms. The Hall–Kier alpha value is -7.55. The summed E-state index contributed by atoms with van der Waals surface area (Å²) >= 11 is 0. The molecule has 1 fully saturated rings. The second-order valence-electron chi connectivity index (χ2n) is 16.9. The lowest BCUT2D eigenvalue weighted by Gasteiger charge is -2.40. The summed E-state index contributed by atoms with van der Waals surface area (Å²) in [6.07, 6.45) is 2.36. The summed E-state index contributed by atoms with van der Waals surface area (Å²) in [6.45, 7) is -0.254. The van der Waals surface area contributed by atoms with Gasteiger partial charge in [0.05, 0.1) is 13.0 Å². The smallest absolute Gasteiger partial charge is 0.246 e. The highest BCUT2D eigenvalue weighted by molar-refractivity contribution is 5.98. The van der Waals surface area contributed by atoms with Crippen LogP contribution in [0.15, 0.2) is 133 Å². The van der Waals surface area contributed by atoms with E-state index >= 15 is 0 Å². The van der Waals surface area contributed by atoms with E-state index in [1.165, 1.54) is 0 Å². The summed E-state index contributed by atoms with van der Waals surface area (Å²) < 4.78 is 0. The van der Waals surface area contributed by atoms with Crippen molar-refractivity contribution in [3.63, 3.8) is 0 Å². The predicted octanol–water partition coefficient (Wildman–Crippen LogP) is 3.40. The van der Waals surface area contributed by atoms with Crippen LogP contribution in [-0.2, 0) is 48.0 Å². The van der Waals surface area contributed by atoms with E-state index in [1.807, 2.05) is 121 Å². The third kappa shape index (κ3) is 14.0. The molecule has 0 heterocycles. The zero-order valence-electron chi connectivity index (χ0n) is 36.9. The largest absolute Gasteiger partial charge is 0.370 e. The average molecular weight is 894 g/mol. The monoisotopic (exact) mass is 893 g/mol. The number of guanidine groups is 1. The van der Waals surface area contributed by atoms with Gasteiger partial charge in [0, 0.05) is 19.4 Å². The molecule has 0 aromatic heterocycles. The maximum atomic E-state index is 14.8. The number of hydrogen-bond acceptors (Lipinski definition) is 7. The van der Waals surface area contributed by atoms with E-state index < -0.39 is 59.7 Å². The number of primary amides is 1. The van der Waals surface area contributed by atoms with Crippen molar-refractivity contribution >= 4 is 52.2 Å². The molecule has 5 aromatic carbocycles. The van der Waals surface area contributed by atoms with Gasteiger partial charge in [0.2, 0.25) is 35.4 Å². The molecule has 1 aliphatic carbocycles. The van der Waals surface area contributed by atoms with E-state index in [0.717, 1.165) is 33.0 Å². The first-order valence-electron chi connectivity index (χ1n) is 22.3. The first-order chi connectivity index (χ1) is 31.9. The average Bonchev–Trinajstić information content (AvgIpc) is 3.32. The molecule has 3 atom stereocenters. The number of fused-ring (bicyclic) bond motifs is 1. The fourth-order valence-electron chi connectivity index (χ4n) is 8.48. The maximum Gasteiger partial charge on any atom is 0.246 e. The molecule has 0 bridgehead atoms. The van der Waals surface area contributed by atoms with Crippen molar-refractivity contribution < 1.29 is 28.8 Å². The van der Waals surface area contributed by atoms with E-state index in [2.05, 4.69) is 44.0 Å². The minimum Gasteiger partial charge on any atom is -0.370 e. The van der Waals surface area contributed by atoms with Gasteiger partial charge in [0.15, 0.2) is 5.96 Å². The zero-order valence-corrected chi connectivity index (χ0v) is 36.9. The fourth-order valence-corrected chi connectivity index (χ4v) is 8.48. The zero-order chi connectivity index (χ0) is 46.9. The molecule has 0 radical (unpaired) electrons. The lowest BCUT2D eigenvalue weighted by molar-refractivity contribution is -0.138. The normalized spacial score (nSPS) is 16.9. The molecule has 6 rings (SSSR count). The Bertz CT molecular complexity index is 2460. The fraction of sp³-hybridized carbons (Fsp3) is 0.314. The molecule has 344 valence electrons.